The molecule has 1 amide bonds. The van der Waals surface area contributed by atoms with Crippen molar-refractivity contribution in [3.63, 3.8) is 0 Å². The van der Waals surface area contributed by atoms with E-state index >= 15 is 0 Å². The zero-order valence-electron chi connectivity index (χ0n) is 15.6. The van der Waals surface area contributed by atoms with Gasteiger partial charge in [-0.25, -0.2) is 0 Å². The van der Waals surface area contributed by atoms with E-state index in [1.165, 1.54) is 6.07 Å². The lowest BCUT2D eigenvalue weighted by Gasteiger charge is -2.22. The van der Waals surface area contributed by atoms with E-state index in [9.17, 15) is 14.9 Å². The van der Waals surface area contributed by atoms with Gasteiger partial charge in [-0.15, -0.1) is 0 Å². The maximum atomic E-state index is 12.6. The third kappa shape index (κ3) is 4.28. The summed E-state index contributed by atoms with van der Waals surface area (Å²) in [5.41, 5.74) is 0.831. The molecule has 27 heavy (non-hydrogen) atoms. The van der Waals surface area contributed by atoms with E-state index in [1.807, 2.05) is 30.0 Å². The van der Waals surface area contributed by atoms with E-state index in [1.54, 1.807) is 24.5 Å². The van der Waals surface area contributed by atoms with E-state index in [0.717, 1.165) is 31.7 Å². The smallest absolute Gasteiger partial charge is 0.293 e. The van der Waals surface area contributed by atoms with Gasteiger partial charge < -0.3 is 14.6 Å². The normalized spacial score (nSPS) is 15.1. The molecule has 0 radical (unpaired) electrons. The third-order valence-electron chi connectivity index (χ3n) is 4.83. The topological polar surface area (TPSA) is 91.9 Å². The maximum Gasteiger partial charge on any atom is 0.293 e. The summed E-state index contributed by atoms with van der Waals surface area (Å²) < 4.78 is 5.43. The lowest BCUT2D eigenvalue weighted by Crippen LogP contribution is -2.34. The fourth-order valence-corrected chi connectivity index (χ4v) is 3.35. The molecule has 1 atom stereocenters. The molecule has 1 saturated heterocycles. The van der Waals surface area contributed by atoms with Gasteiger partial charge in [-0.05, 0) is 51.2 Å². The Labute approximate surface area is 157 Å². The first-order valence-corrected chi connectivity index (χ1v) is 8.99. The number of furan rings is 1. The van der Waals surface area contributed by atoms with Crippen LogP contribution < -0.4 is 10.2 Å². The Morgan fingerprint density at radius 2 is 2.07 bits per heavy atom. The standard InChI is InChI=1S/C19H24N4O4/c1-21(2)17(18-6-5-11-27-18)13-20-19(24)14-7-8-15(16(12-14)23(25)26)22-9-3-4-10-22/h5-8,11-12,17H,3-4,9-10,13H2,1-2H3,(H,20,24). The number of rotatable bonds is 7. The Morgan fingerprint density at radius 1 is 1.33 bits per heavy atom. The van der Waals surface area contributed by atoms with Crippen molar-refractivity contribution in [2.24, 2.45) is 0 Å². The molecule has 1 unspecified atom stereocenters. The molecule has 0 saturated carbocycles. The van der Waals surface area contributed by atoms with Crippen molar-refractivity contribution in [2.45, 2.75) is 18.9 Å². The second-order valence-corrected chi connectivity index (χ2v) is 6.86. The van der Waals surface area contributed by atoms with Crippen molar-refractivity contribution in [1.29, 1.82) is 0 Å². The van der Waals surface area contributed by atoms with Gasteiger partial charge in [0.15, 0.2) is 0 Å². The predicted octanol–water partition coefficient (Wildman–Crippen LogP) is 2.82. The van der Waals surface area contributed by atoms with Crippen LogP contribution in [0.15, 0.2) is 41.0 Å². The van der Waals surface area contributed by atoms with Gasteiger partial charge in [-0.1, -0.05) is 0 Å². The number of nitrogens with zero attached hydrogens (tertiary/aromatic N) is 3. The molecule has 1 fully saturated rings. The first-order valence-electron chi connectivity index (χ1n) is 8.99. The lowest BCUT2D eigenvalue weighted by atomic mass is 10.1. The minimum absolute atomic E-state index is 0.0280. The number of hydrogen-bond donors (Lipinski definition) is 1. The number of likely N-dealkylation sites (N-methyl/N-ethyl adjacent to an activating group) is 1. The van der Waals surface area contributed by atoms with Crippen molar-refractivity contribution in [3.8, 4) is 0 Å². The number of nitro benzene ring substituents is 1. The predicted molar refractivity (Wildman–Crippen MR) is 102 cm³/mol. The van der Waals surface area contributed by atoms with Crippen LogP contribution in [0.5, 0.6) is 0 Å². The highest BCUT2D eigenvalue weighted by atomic mass is 16.6. The molecule has 3 rings (SSSR count). The van der Waals surface area contributed by atoms with Crippen LogP contribution in [0.1, 0.15) is 35.0 Å². The molecule has 1 aliphatic heterocycles. The molecule has 144 valence electrons. The number of anilines is 1. The number of carbonyl (C=O) groups excluding carboxylic acids is 1. The molecule has 0 aliphatic carbocycles. The molecule has 2 heterocycles. The van der Waals surface area contributed by atoms with E-state index in [2.05, 4.69) is 5.32 Å². The van der Waals surface area contributed by atoms with Gasteiger partial charge in [0.25, 0.3) is 11.6 Å². The second-order valence-electron chi connectivity index (χ2n) is 6.86. The molecule has 8 nitrogen and oxygen atoms in total. The van der Waals surface area contributed by atoms with Gasteiger partial charge >= 0.3 is 0 Å². The van der Waals surface area contributed by atoms with Gasteiger partial charge in [0.05, 0.1) is 17.2 Å². The molecular weight excluding hydrogens is 348 g/mol. The van der Waals surface area contributed by atoms with Crippen LogP contribution in [0.4, 0.5) is 11.4 Å². The van der Waals surface area contributed by atoms with Gasteiger partial charge in [-0.2, -0.15) is 0 Å². The average molecular weight is 372 g/mol. The third-order valence-corrected chi connectivity index (χ3v) is 4.83. The summed E-state index contributed by atoms with van der Waals surface area (Å²) in [5, 5.41) is 14.3. The van der Waals surface area contributed by atoms with Gasteiger partial charge in [0, 0.05) is 31.3 Å². The Kier molecular flexibility index (Phi) is 5.75. The van der Waals surface area contributed by atoms with Crippen LogP contribution in [0.3, 0.4) is 0 Å². The number of hydrogen-bond acceptors (Lipinski definition) is 6. The summed E-state index contributed by atoms with van der Waals surface area (Å²) in [6, 6.07) is 8.21. The molecule has 1 N–H and O–H groups in total. The molecule has 0 spiro atoms. The van der Waals surface area contributed by atoms with Crippen LogP contribution in [-0.2, 0) is 0 Å². The van der Waals surface area contributed by atoms with E-state index in [4.69, 9.17) is 4.42 Å². The fraction of sp³-hybridized carbons (Fsp3) is 0.421. The maximum absolute atomic E-state index is 12.6. The van der Waals surface area contributed by atoms with Crippen molar-refractivity contribution < 1.29 is 14.1 Å². The zero-order chi connectivity index (χ0) is 19.4. The molecule has 0 bridgehead atoms. The molecule has 1 aromatic carbocycles. The highest BCUT2D eigenvalue weighted by Gasteiger charge is 2.24. The van der Waals surface area contributed by atoms with Gasteiger partial charge in [-0.3, -0.25) is 19.8 Å². The number of nitrogens with one attached hydrogen (secondary N) is 1. The highest BCUT2D eigenvalue weighted by molar-refractivity contribution is 5.95. The Hall–Kier alpha value is -2.87. The fourth-order valence-electron chi connectivity index (χ4n) is 3.35. The number of benzene rings is 1. The summed E-state index contributed by atoms with van der Waals surface area (Å²) in [4.78, 5) is 27.6. The van der Waals surface area contributed by atoms with Crippen molar-refractivity contribution >= 4 is 17.3 Å². The Balaban J connectivity index is 1.74. The van der Waals surface area contributed by atoms with Crippen LogP contribution in [0.25, 0.3) is 0 Å². The zero-order valence-corrected chi connectivity index (χ0v) is 15.6. The molecule has 2 aromatic rings. The van der Waals surface area contributed by atoms with E-state index < -0.39 is 4.92 Å². The Bertz CT molecular complexity index is 798. The number of carbonyl (C=O) groups is 1. The number of nitro groups is 1. The van der Waals surface area contributed by atoms with Crippen LogP contribution in [0.2, 0.25) is 0 Å². The minimum atomic E-state index is -0.421. The molecule has 8 heteroatoms. The summed E-state index contributed by atoms with van der Waals surface area (Å²) in [6.45, 7) is 1.95. The highest BCUT2D eigenvalue weighted by Crippen LogP contribution is 2.31. The monoisotopic (exact) mass is 372 g/mol. The summed E-state index contributed by atoms with van der Waals surface area (Å²) >= 11 is 0. The van der Waals surface area contributed by atoms with E-state index in [-0.39, 0.29) is 23.2 Å². The minimum Gasteiger partial charge on any atom is -0.468 e. The van der Waals surface area contributed by atoms with Crippen molar-refractivity contribution in [3.05, 3.63) is 58.0 Å². The molecule has 1 aromatic heterocycles. The summed E-state index contributed by atoms with van der Waals surface area (Å²) in [5.74, 6) is 0.403. The quantitative estimate of drug-likeness (QED) is 0.593. The van der Waals surface area contributed by atoms with Crippen LogP contribution >= 0.6 is 0 Å². The average Bonchev–Trinajstić information content (AvgIpc) is 3.35. The van der Waals surface area contributed by atoms with E-state index in [0.29, 0.717) is 12.2 Å². The SMILES string of the molecule is CN(C)C(CNC(=O)c1ccc(N2CCCC2)c([N+](=O)[O-])c1)c1ccco1. The largest absolute Gasteiger partial charge is 0.468 e. The lowest BCUT2D eigenvalue weighted by molar-refractivity contribution is -0.384. The van der Waals surface area contributed by atoms with Crippen molar-refractivity contribution in [1.82, 2.24) is 10.2 Å². The van der Waals surface area contributed by atoms with Crippen LogP contribution in [0, 0.1) is 10.1 Å². The first-order chi connectivity index (χ1) is 13.0. The Morgan fingerprint density at radius 3 is 2.67 bits per heavy atom. The van der Waals surface area contributed by atoms with Crippen molar-refractivity contribution in [2.75, 3.05) is 38.6 Å². The summed E-state index contributed by atoms with van der Waals surface area (Å²) in [6.07, 6.45) is 3.64. The second kappa shape index (κ2) is 8.22. The number of amides is 1. The summed E-state index contributed by atoms with van der Waals surface area (Å²) in [7, 11) is 3.80. The molecule has 1 aliphatic rings. The van der Waals surface area contributed by atoms with Crippen LogP contribution in [-0.4, -0.2) is 49.5 Å². The molecular formula is C19H24N4O4. The van der Waals surface area contributed by atoms with Gasteiger partial charge in [0.2, 0.25) is 0 Å². The van der Waals surface area contributed by atoms with Gasteiger partial charge in [0.1, 0.15) is 11.4 Å². The first kappa shape index (κ1) is 18.9.